The third-order valence-electron chi connectivity index (χ3n) is 3.04. The minimum Gasteiger partial charge on any atom is -0.595 e. The van der Waals surface area contributed by atoms with Gasteiger partial charge in [-0.05, 0) is 36.8 Å². The number of hydrogen-bond donors (Lipinski definition) is 4. The Morgan fingerprint density at radius 1 is 1.14 bits per heavy atom. The molecule has 0 aromatic heterocycles. The summed E-state index contributed by atoms with van der Waals surface area (Å²) in [7, 11) is 0. The molecule has 110 valence electrons. The highest BCUT2D eigenvalue weighted by Gasteiger charge is 2.07. The third kappa shape index (κ3) is 4.51. The van der Waals surface area contributed by atoms with Crippen LogP contribution in [0, 0.1) is 5.21 Å². The lowest BCUT2D eigenvalue weighted by atomic mass is 10.1. The SMILES string of the molecule is C[C@@H](NC(=S)Nc1ccc([NH+]([O-])O)cc1)c1ccccc1. The fourth-order valence-electron chi connectivity index (χ4n) is 1.89. The van der Waals surface area contributed by atoms with Crippen LogP contribution in [0.2, 0.25) is 0 Å². The minimum atomic E-state index is -0.944. The number of rotatable bonds is 4. The molecule has 0 spiro atoms. The van der Waals surface area contributed by atoms with Crippen LogP contribution >= 0.6 is 12.2 Å². The number of hydrogen-bond acceptors (Lipinski definition) is 3. The molecule has 0 aliphatic rings. The molecule has 2 aromatic rings. The van der Waals surface area contributed by atoms with Crippen molar-refractivity contribution in [1.82, 2.24) is 5.32 Å². The first-order chi connectivity index (χ1) is 10.1. The zero-order valence-corrected chi connectivity index (χ0v) is 12.4. The second-order valence-corrected chi connectivity index (χ2v) is 5.02. The largest absolute Gasteiger partial charge is 0.595 e. The first kappa shape index (κ1) is 15.4. The molecule has 1 unspecified atom stereocenters. The first-order valence-corrected chi connectivity index (χ1v) is 6.93. The van der Waals surface area contributed by atoms with E-state index in [2.05, 4.69) is 10.6 Å². The van der Waals surface area contributed by atoms with Crippen LogP contribution in [0.25, 0.3) is 0 Å². The molecule has 0 bridgehead atoms. The topological polar surface area (TPSA) is 71.8 Å². The van der Waals surface area contributed by atoms with E-state index in [9.17, 15) is 5.21 Å². The molecule has 0 saturated heterocycles. The van der Waals surface area contributed by atoms with Gasteiger partial charge < -0.3 is 15.8 Å². The van der Waals surface area contributed by atoms with E-state index in [1.807, 2.05) is 37.3 Å². The minimum absolute atomic E-state index is 0.0875. The van der Waals surface area contributed by atoms with Crippen molar-refractivity contribution in [3.63, 3.8) is 0 Å². The van der Waals surface area contributed by atoms with Gasteiger partial charge in [-0.25, -0.2) is 5.21 Å². The van der Waals surface area contributed by atoms with Crippen LogP contribution < -0.4 is 15.9 Å². The Morgan fingerprint density at radius 2 is 1.76 bits per heavy atom. The average molecular weight is 303 g/mol. The summed E-state index contributed by atoms with van der Waals surface area (Å²) in [6, 6.07) is 16.5. The molecule has 2 aromatic carbocycles. The third-order valence-corrected chi connectivity index (χ3v) is 3.26. The van der Waals surface area contributed by atoms with Crippen LogP contribution in [0.5, 0.6) is 0 Å². The van der Waals surface area contributed by atoms with E-state index in [0.717, 1.165) is 11.3 Å². The van der Waals surface area contributed by atoms with E-state index in [1.54, 1.807) is 12.1 Å². The molecule has 21 heavy (non-hydrogen) atoms. The summed E-state index contributed by atoms with van der Waals surface area (Å²) in [4.78, 5) is 0. The van der Waals surface area contributed by atoms with Crippen molar-refractivity contribution in [2.24, 2.45) is 0 Å². The Balaban J connectivity index is 1.92. The molecule has 6 heteroatoms. The van der Waals surface area contributed by atoms with Gasteiger partial charge >= 0.3 is 0 Å². The van der Waals surface area contributed by atoms with Crippen molar-refractivity contribution in [3.8, 4) is 0 Å². The van der Waals surface area contributed by atoms with Crippen molar-refractivity contribution in [1.29, 1.82) is 0 Å². The summed E-state index contributed by atoms with van der Waals surface area (Å²) in [6.45, 7) is 2.02. The molecule has 5 nitrogen and oxygen atoms in total. The number of anilines is 1. The molecule has 0 fully saturated rings. The number of thiocarbonyl (C=S) groups is 1. The second-order valence-electron chi connectivity index (χ2n) is 4.61. The van der Waals surface area contributed by atoms with Gasteiger partial charge in [0, 0.05) is 17.8 Å². The van der Waals surface area contributed by atoms with E-state index in [4.69, 9.17) is 17.4 Å². The van der Waals surface area contributed by atoms with E-state index in [0.29, 0.717) is 5.11 Å². The number of quaternary nitrogens is 1. The van der Waals surface area contributed by atoms with Crippen molar-refractivity contribution in [3.05, 3.63) is 65.4 Å². The molecule has 0 radical (unpaired) electrons. The fourth-order valence-corrected chi connectivity index (χ4v) is 2.18. The molecule has 0 amide bonds. The zero-order valence-electron chi connectivity index (χ0n) is 11.5. The van der Waals surface area contributed by atoms with Crippen LogP contribution in [0.15, 0.2) is 54.6 Å². The van der Waals surface area contributed by atoms with Gasteiger partial charge in [0.1, 0.15) is 0 Å². The summed E-state index contributed by atoms with van der Waals surface area (Å²) in [5.74, 6) is 0. The van der Waals surface area contributed by atoms with Crippen LogP contribution in [-0.4, -0.2) is 10.3 Å². The van der Waals surface area contributed by atoms with Gasteiger partial charge in [0.25, 0.3) is 0 Å². The Hall–Kier alpha value is -1.99. The van der Waals surface area contributed by atoms with Gasteiger partial charge in [-0.3, -0.25) is 0 Å². The van der Waals surface area contributed by atoms with Crippen LogP contribution in [0.3, 0.4) is 0 Å². The van der Waals surface area contributed by atoms with Gasteiger partial charge in [-0.2, -0.15) is 5.23 Å². The summed E-state index contributed by atoms with van der Waals surface area (Å²) < 4.78 is 0. The Morgan fingerprint density at radius 3 is 2.33 bits per heavy atom. The van der Waals surface area contributed by atoms with E-state index >= 15 is 0 Å². The molecule has 2 rings (SSSR count). The maximum absolute atomic E-state index is 10.8. The van der Waals surface area contributed by atoms with Gasteiger partial charge in [-0.1, -0.05) is 30.3 Å². The standard InChI is InChI=1S/C15H17N3O2S/c1-11(12-5-3-2-4-6-12)16-15(21)17-13-7-9-14(10-8-13)18(19)20/h2-11,18-19H,1H3,(H2,16,17,21)/t11-/m1/s1. The summed E-state index contributed by atoms with van der Waals surface area (Å²) >= 11 is 5.26. The lowest BCUT2D eigenvalue weighted by Crippen LogP contribution is -2.99. The van der Waals surface area contributed by atoms with E-state index < -0.39 is 5.23 Å². The van der Waals surface area contributed by atoms with Crippen LogP contribution in [-0.2, 0) is 0 Å². The first-order valence-electron chi connectivity index (χ1n) is 6.52. The molecule has 4 N–H and O–H groups in total. The number of nitrogens with one attached hydrogen (secondary N) is 3. The van der Waals surface area contributed by atoms with E-state index in [-0.39, 0.29) is 11.7 Å². The van der Waals surface area contributed by atoms with Crippen molar-refractivity contribution in [2.75, 3.05) is 5.32 Å². The lowest BCUT2D eigenvalue weighted by Gasteiger charge is -2.17. The molecule has 0 saturated carbocycles. The summed E-state index contributed by atoms with van der Waals surface area (Å²) in [5.41, 5.74) is 2.14. The maximum Gasteiger partial charge on any atom is 0.171 e. The Labute approximate surface area is 128 Å². The quantitative estimate of drug-likeness (QED) is 0.514. The predicted molar refractivity (Wildman–Crippen MR) is 86.4 cm³/mol. The molecule has 2 atom stereocenters. The summed E-state index contributed by atoms with van der Waals surface area (Å²) in [5, 5.41) is 25.4. The molecule has 0 heterocycles. The van der Waals surface area contributed by atoms with Crippen molar-refractivity contribution < 1.29 is 10.4 Å². The highest BCUT2D eigenvalue weighted by Crippen LogP contribution is 2.13. The monoisotopic (exact) mass is 303 g/mol. The predicted octanol–water partition coefficient (Wildman–Crippen LogP) is 2.14. The Bertz CT molecular complexity index is 588. The van der Waals surface area contributed by atoms with Gasteiger partial charge in [0.15, 0.2) is 10.8 Å². The van der Waals surface area contributed by atoms with Crippen LogP contribution in [0.1, 0.15) is 18.5 Å². The molecular weight excluding hydrogens is 286 g/mol. The maximum atomic E-state index is 10.8. The second kappa shape index (κ2) is 7.14. The molecule has 0 aliphatic carbocycles. The fraction of sp³-hybridized carbons (Fsp3) is 0.133. The smallest absolute Gasteiger partial charge is 0.171 e. The van der Waals surface area contributed by atoms with Gasteiger partial charge in [0.05, 0.1) is 6.04 Å². The highest BCUT2D eigenvalue weighted by atomic mass is 32.1. The Kier molecular flexibility index (Phi) is 5.24. The highest BCUT2D eigenvalue weighted by molar-refractivity contribution is 7.80. The van der Waals surface area contributed by atoms with Gasteiger partial charge in [-0.15, -0.1) is 0 Å². The van der Waals surface area contributed by atoms with Gasteiger partial charge in [0.2, 0.25) is 0 Å². The molecule has 0 aliphatic heterocycles. The average Bonchev–Trinajstić information content (AvgIpc) is 2.48. The summed E-state index contributed by atoms with van der Waals surface area (Å²) in [6.07, 6.45) is 0. The van der Waals surface area contributed by atoms with Crippen LogP contribution in [0.4, 0.5) is 11.4 Å². The molecular formula is C15H17N3O2S. The number of benzene rings is 2. The normalized spacial score (nSPS) is 13.3. The van der Waals surface area contributed by atoms with Crippen molar-refractivity contribution in [2.45, 2.75) is 13.0 Å². The lowest BCUT2D eigenvalue weighted by molar-refractivity contribution is -0.991. The van der Waals surface area contributed by atoms with Crippen molar-refractivity contribution >= 4 is 28.7 Å². The zero-order chi connectivity index (χ0) is 15.2. The van der Waals surface area contributed by atoms with E-state index in [1.165, 1.54) is 12.1 Å².